The van der Waals surface area contributed by atoms with Crippen LogP contribution in [0, 0.1) is 0 Å². The van der Waals surface area contributed by atoms with Crippen molar-refractivity contribution in [2.75, 3.05) is 19.8 Å². The molecule has 0 amide bonds. The molecule has 2 aliphatic heterocycles. The van der Waals surface area contributed by atoms with E-state index in [0.29, 0.717) is 12.8 Å². The van der Waals surface area contributed by atoms with Crippen LogP contribution in [0.2, 0.25) is 0 Å². The van der Waals surface area contributed by atoms with E-state index in [9.17, 15) is 50.4 Å². The molecule has 270 valence electrons. The van der Waals surface area contributed by atoms with Gasteiger partial charge in [0.05, 0.1) is 19.3 Å². The van der Waals surface area contributed by atoms with Gasteiger partial charge in [-0.15, -0.1) is 0 Å². The van der Waals surface area contributed by atoms with Crippen molar-refractivity contribution in [3.05, 3.63) is 0 Å². The van der Waals surface area contributed by atoms with Gasteiger partial charge in [0.25, 0.3) is 0 Å². The molecule has 0 saturated carbocycles. The molecule has 2 aliphatic rings. The molecule has 16 nitrogen and oxygen atoms in total. The maximum atomic E-state index is 11.4. The lowest BCUT2D eigenvalue weighted by Gasteiger charge is -2.46. The topological polar surface area (TPSA) is 262 Å². The van der Waals surface area contributed by atoms with Crippen LogP contribution in [0.3, 0.4) is 0 Å². The predicted octanol–water partition coefficient (Wildman–Crippen LogP) is -1.31. The molecule has 0 spiro atoms. The first-order valence-corrected chi connectivity index (χ1v) is 16.2. The first-order valence-electron chi connectivity index (χ1n) is 16.2. The molecule has 0 aromatic rings. The number of ether oxygens (including phenoxy) is 5. The van der Waals surface area contributed by atoms with E-state index < -0.39 is 98.8 Å². The summed E-state index contributed by atoms with van der Waals surface area (Å²) in [5, 5.41) is 89.6. The lowest BCUT2D eigenvalue weighted by Crippen LogP contribution is -2.64. The number of rotatable bonds is 22. The highest BCUT2D eigenvalue weighted by atomic mass is 16.7. The highest BCUT2D eigenvalue weighted by molar-refractivity contribution is 5.71. The Hall–Kier alpha value is -1.54. The molecular formula is C30H54O16. The van der Waals surface area contributed by atoms with Crippen molar-refractivity contribution >= 4 is 11.9 Å². The molecule has 12 atom stereocenters. The number of carboxylic acid groups (broad SMARTS) is 1. The maximum absolute atomic E-state index is 11.4. The molecule has 2 heterocycles. The molecule has 2 fully saturated rings. The van der Waals surface area contributed by atoms with Crippen LogP contribution >= 0.6 is 0 Å². The van der Waals surface area contributed by atoms with Gasteiger partial charge in [-0.2, -0.15) is 0 Å². The van der Waals surface area contributed by atoms with E-state index in [0.717, 1.165) is 58.3 Å². The van der Waals surface area contributed by atoms with E-state index in [1.54, 1.807) is 0 Å². The number of aliphatic carboxylic acids is 1. The van der Waals surface area contributed by atoms with Gasteiger partial charge in [0.1, 0.15) is 55.4 Å². The number of hydrogen-bond acceptors (Lipinski definition) is 15. The van der Waals surface area contributed by atoms with E-state index in [-0.39, 0.29) is 19.4 Å². The van der Waals surface area contributed by atoms with Gasteiger partial charge in [-0.25, -0.2) is 4.79 Å². The lowest BCUT2D eigenvalue weighted by molar-refractivity contribution is -0.359. The maximum Gasteiger partial charge on any atom is 0.332 e. The third kappa shape index (κ3) is 13.5. The van der Waals surface area contributed by atoms with E-state index >= 15 is 0 Å². The lowest BCUT2D eigenvalue weighted by atomic mass is 9.97. The molecule has 0 aromatic carbocycles. The third-order valence-corrected chi connectivity index (χ3v) is 8.26. The fourth-order valence-electron chi connectivity index (χ4n) is 5.42. The molecule has 12 unspecified atom stereocenters. The summed E-state index contributed by atoms with van der Waals surface area (Å²) in [6.07, 6.45) is -7.78. The number of carboxylic acids is 1. The molecular weight excluding hydrogens is 616 g/mol. The van der Waals surface area contributed by atoms with E-state index in [1.165, 1.54) is 0 Å². The zero-order chi connectivity index (χ0) is 34.2. The normalized spacial score (nSPS) is 33.0. The molecule has 2 saturated heterocycles. The summed E-state index contributed by atoms with van der Waals surface area (Å²) in [5.41, 5.74) is 0. The van der Waals surface area contributed by atoms with Crippen molar-refractivity contribution in [3.63, 3.8) is 0 Å². The van der Waals surface area contributed by atoms with Crippen LogP contribution in [-0.2, 0) is 33.3 Å². The van der Waals surface area contributed by atoms with Crippen molar-refractivity contribution < 1.29 is 79.2 Å². The fraction of sp³-hybridized carbons (Fsp3) is 0.933. The monoisotopic (exact) mass is 670 g/mol. The summed E-state index contributed by atoms with van der Waals surface area (Å²) < 4.78 is 27.3. The van der Waals surface area contributed by atoms with E-state index in [4.69, 9.17) is 28.8 Å². The Morgan fingerprint density at radius 3 is 1.80 bits per heavy atom. The second kappa shape index (κ2) is 21.4. The van der Waals surface area contributed by atoms with Crippen LogP contribution in [0.15, 0.2) is 0 Å². The van der Waals surface area contributed by atoms with Crippen molar-refractivity contribution in [3.8, 4) is 0 Å². The Labute approximate surface area is 268 Å². The minimum atomic E-state index is -1.78. The van der Waals surface area contributed by atoms with Crippen molar-refractivity contribution in [1.29, 1.82) is 0 Å². The Balaban J connectivity index is 1.71. The minimum absolute atomic E-state index is 0.0162. The Kier molecular flexibility index (Phi) is 18.9. The molecule has 0 aliphatic carbocycles. The number of aliphatic hydroxyl groups excluding tert-OH is 8. The first kappa shape index (κ1) is 40.6. The van der Waals surface area contributed by atoms with E-state index in [2.05, 4.69) is 0 Å². The Bertz CT molecular complexity index is 861. The molecule has 16 heteroatoms. The molecule has 46 heavy (non-hydrogen) atoms. The van der Waals surface area contributed by atoms with E-state index in [1.807, 2.05) is 0 Å². The summed E-state index contributed by atoms with van der Waals surface area (Å²) in [5.74, 6) is -1.84. The highest BCUT2D eigenvalue weighted by Gasteiger charge is 2.51. The van der Waals surface area contributed by atoms with Gasteiger partial charge in [0.15, 0.2) is 18.7 Å². The van der Waals surface area contributed by atoms with Crippen molar-refractivity contribution in [1.82, 2.24) is 0 Å². The van der Waals surface area contributed by atoms with Gasteiger partial charge in [-0.1, -0.05) is 57.8 Å². The number of aliphatic hydroxyl groups is 8. The van der Waals surface area contributed by atoms with Crippen molar-refractivity contribution in [2.45, 2.75) is 158 Å². The predicted molar refractivity (Wildman–Crippen MR) is 157 cm³/mol. The largest absolute Gasteiger partial charge is 0.479 e. The first-order chi connectivity index (χ1) is 21.9. The summed E-state index contributed by atoms with van der Waals surface area (Å²) in [7, 11) is 0. The molecule has 0 bridgehead atoms. The third-order valence-electron chi connectivity index (χ3n) is 8.26. The summed E-state index contributed by atoms with van der Waals surface area (Å²) >= 11 is 0. The standard InChI is InChI=1S/C30H54O16/c1-17(32)43-16-21-27(46-30-25(38)23(36)22(35)20(15-31)44-30)24(37)26(39)29(45-21)42-14-13-18(33)11-9-7-5-3-2-4-6-8-10-12-19(34)28(40)41/h18-27,29-31,33-39H,2-16H2,1H3,(H,40,41). The number of carbonyl (C=O) groups excluding carboxylic acids is 1. The van der Waals surface area contributed by atoms with Crippen LogP contribution in [0.25, 0.3) is 0 Å². The number of hydrogen-bond donors (Lipinski definition) is 9. The van der Waals surface area contributed by atoms with Crippen LogP contribution in [0.1, 0.15) is 84.0 Å². The molecule has 2 rings (SSSR count). The average molecular weight is 671 g/mol. The van der Waals surface area contributed by atoms with Gasteiger partial charge in [0, 0.05) is 6.92 Å². The van der Waals surface area contributed by atoms with Gasteiger partial charge >= 0.3 is 11.9 Å². The molecule has 0 radical (unpaired) electrons. The quantitative estimate of drug-likeness (QED) is 0.0478. The SMILES string of the molecule is CC(=O)OCC1OC(OCCC(O)CCCCCCCCCCCC(O)C(=O)O)C(O)C(O)C1OC1OC(CO)C(O)C(O)C1O. The van der Waals surface area contributed by atoms with Crippen LogP contribution in [0.4, 0.5) is 0 Å². The Morgan fingerprint density at radius 1 is 0.696 bits per heavy atom. The fourth-order valence-corrected chi connectivity index (χ4v) is 5.42. The molecule has 9 N–H and O–H groups in total. The summed E-state index contributed by atoms with van der Waals surface area (Å²) in [6.45, 7) is 0.00142. The molecule has 0 aromatic heterocycles. The van der Waals surface area contributed by atoms with Gasteiger partial charge in [0.2, 0.25) is 0 Å². The van der Waals surface area contributed by atoms with Gasteiger partial charge in [-0.05, 0) is 19.3 Å². The second-order valence-electron chi connectivity index (χ2n) is 12.1. The second-order valence-corrected chi connectivity index (χ2v) is 12.1. The summed E-state index contributed by atoms with van der Waals surface area (Å²) in [6, 6.07) is 0. The highest BCUT2D eigenvalue weighted by Crippen LogP contribution is 2.30. The Morgan fingerprint density at radius 2 is 1.24 bits per heavy atom. The minimum Gasteiger partial charge on any atom is -0.479 e. The average Bonchev–Trinajstić information content (AvgIpc) is 3.02. The zero-order valence-electron chi connectivity index (χ0n) is 26.4. The number of esters is 1. The summed E-state index contributed by atoms with van der Waals surface area (Å²) in [4.78, 5) is 22.0. The van der Waals surface area contributed by atoms with Gasteiger partial charge in [-0.3, -0.25) is 4.79 Å². The smallest absolute Gasteiger partial charge is 0.332 e. The van der Waals surface area contributed by atoms with Crippen LogP contribution in [0.5, 0.6) is 0 Å². The van der Waals surface area contributed by atoms with Crippen molar-refractivity contribution in [2.24, 2.45) is 0 Å². The van der Waals surface area contributed by atoms with Crippen LogP contribution < -0.4 is 0 Å². The zero-order valence-corrected chi connectivity index (χ0v) is 26.4. The van der Waals surface area contributed by atoms with Crippen LogP contribution in [-0.4, -0.2) is 151 Å². The number of carbonyl (C=O) groups is 2. The number of unbranched alkanes of at least 4 members (excludes halogenated alkanes) is 8. The van der Waals surface area contributed by atoms with Gasteiger partial charge < -0.3 is 69.6 Å².